The van der Waals surface area contributed by atoms with E-state index in [-0.39, 0.29) is 0 Å². The second kappa shape index (κ2) is 5.97. The molecule has 0 aliphatic carbocycles. The van der Waals surface area contributed by atoms with Gasteiger partial charge in [0.25, 0.3) is 0 Å². The Balaban J connectivity index is 2.05. The van der Waals surface area contributed by atoms with Crippen molar-refractivity contribution in [2.45, 2.75) is 25.8 Å². The van der Waals surface area contributed by atoms with Crippen LogP contribution in [0, 0.1) is 5.92 Å². The first-order valence-electron chi connectivity index (χ1n) is 6.56. The summed E-state index contributed by atoms with van der Waals surface area (Å²) in [7, 11) is 1.87. The van der Waals surface area contributed by atoms with Gasteiger partial charge < -0.3 is 4.99 Å². The van der Waals surface area contributed by atoms with Gasteiger partial charge in [0.2, 0.25) is 0 Å². The first kappa shape index (κ1) is 12.3. The first-order chi connectivity index (χ1) is 8.35. The van der Waals surface area contributed by atoms with Crippen LogP contribution in [0.5, 0.6) is 0 Å². The lowest BCUT2D eigenvalue weighted by atomic mass is 10.0. The molecule has 0 radical (unpaired) electrons. The second-order valence-corrected chi connectivity index (χ2v) is 4.79. The minimum atomic E-state index is 0.575. The van der Waals surface area contributed by atoms with E-state index in [9.17, 15) is 0 Å². The Morgan fingerprint density at radius 3 is 2.82 bits per heavy atom. The molecular weight excluding hydrogens is 208 g/mol. The molecule has 0 bridgehead atoms. The third-order valence-corrected chi connectivity index (χ3v) is 3.63. The number of hydrogen-bond donors (Lipinski definition) is 0. The fourth-order valence-corrected chi connectivity index (χ4v) is 2.81. The Kier molecular flexibility index (Phi) is 4.32. The maximum Gasteiger partial charge on any atom is 0.0345 e. The van der Waals surface area contributed by atoms with E-state index in [1.54, 1.807) is 0 Å². The Morgan fingerprint density at radius 2 is 2.18 bits per heavy atom. The van der Waals surface area contributed by atoms with Crippen LogP contribution in [-0.2, 0) is 0 Å². The van der Waals surface area contributed by atoms with Crippen LogP contribution in [0.2, 0.25) is 0 Å². The predicted octanol–water partition coefficient (Wildman–Crippen LogP) is 3.16. The highest BCUT2D eigenvalue weighted by Crippen LogP contribution is 2.29. The number of benzene rings is 1. The standard InChI is InChI=1S/C15H22N2/c1-3-15(14-7-5-4-6-8-14)17-10-9-13(12-17)11-16-2/h4-8,11,13,15H,3,9-10,12H2,1-2H3/b16-11-/t13?,15-/m0/s1. The van der Waals surface area contributed by atoms with Gasteiger partial charge in [-0.1, -0.05) is 37.3 Å². The highest BCUT2D eigenvalue weighted by molar-refractivity contribution is 5.61. The lowest BCUT2D eigenvalue weighted by Gasteiger charge is -2.27. The van der Waals surface area contributed by atoms with E-state index < -0.39 is 0 Å². The maximum atomic E-state index is 4.16. The molecule has 1 aromatic carbocycles. The number of rotatable bonds is 4. The third kappa shape index (κ3) is 2.95. The van der Waals surface area contributed by atoms with Crippen molar-refractivity contribution in [2.75, 3.05) is 20.1 Å². The maximum absolute atomic E-state index is 4.16. The molecule has 1 aliphatic rings. The minimum Gasteiger partial charge on any atom is -0.301 e. The molecule has 0 spiro atoms. The van der Waals surface area contributed by atoms with Crippen molar-refractivity contribution in [3.63, 3.8) is 0 Å². The molecular formula is C15H22N2. The van der Waals surface area contributed by atoms with E-state index in [4.69, 9.17) is 0 Å². The predicted molar refractivity (Wildman–Crippen MR) is 73.6 cm³/mol. The molecule has 0 amide bonds. The summed E-state index contributed by atoms with van der Waals surface area (Å²) >= 11 is 0. The van der Waals surface area contributed by atoms with Gasteiger partial charge in [-0.3, -0.25) is 4.90 Å². The molecule has 2 nitrogen and oxygen atoms in total. The first-order valence-corrected chi connectivity index (χ1v) is 6.56. The summed E-state index contributed by atoms with van der Waals surface area (Å²) in [6.07, 6.45) is 4.54. The van der Waals surface area contributed by atoms with Crippen LogP contribution in [-0.4, -0.2) is 31.3 Å². The van der Waals surface area contributed by atoms with E-state index >= 15 is 0 Å². The van der Waals surface area contributed by atoms with Gasteiger partial charge in [0.15, 0.2) is 0 Å². The van der Waals surface area contributed by atoms with Crippen LogP contribution in [0.1, 0.15) is 31.4 Å². The average molecular weight is 230 g/mol. The fraction of sp³-hybridized carbons (Fsp3) is 0.533. The van der Waals surface area contributed by atoms with Crippen LogP contribution in [0.25, 0.3) is 0 Å². The van der Waals surface area contributed by atoms with Gasteiger partial charge in [-0.2, -0.15) is 0 Å². The molecule has 1 aromatic rings. The van der Waals surface area contributed by atoms with Gasteiger partial charge in [0, 0.05) is 31.8 Å². The molecule has 2 atom stereocenters. The van der Waals surface area contributed by atoms with E-state index in [0.717, 1.165) is 6.54 Å². The summed E-state index contributed by atoms with van der Waals surface area (Å²) in [5, 5.41) is 0. The monoisotopic (exact) mass is 230 g/mol. The largest absolute Gasteiger partial charge is 0.301 e. The molecule has 1 heterocycles. The Morgan fingerprint density at radius 1 is 1.41 bits per heavy atom. The molecule has 0 saturated carbocycles. The van der Waals surface area contributed by atoms with Crippen molar-refractivity contribution in [3.05, 3.63) is 35.9 Å². The van der Waals surface area contributed by atoms with Gasteiger partial charge in [0.05, 0.1) is 0 Å². The second-order valence-electron chi connectivity index (χ2n) is 4.79. The van der Waals surface area contributed by atoms with Crippen LogP contribution in [0.3, 0.4) is 0 Å². The normalized spacial score (nSPS) is 23.3. The minimum absolute atomic E-state index is 0.575. The van der Waals surface area contributed by atoms with Crippen LogP contribution in [0.4, 0.5) is 0 Å². The Bertz CT molecular complexity index is 358. The molecule has 17 heavy (non-hydrogen) atoms. The van der Waals surface area contributed by atoms with Crippen LogP contribution in [0.15, 0.2) is 35.3 Å². The zero-order valence-electron chi connectivity index (χ0n) is 10.8. The molecule has 1 unspecified atom stereocenters. The fourth-order valence-electron chi connectivity index (χ4n) is 2.81. The molecule has 1 saturated heterocycles. The topological polar surface area (TPSA) is 15.6 Å². The summed E-state index contributed by atoms with van der Waals surface area (Å²) in [5.41, 5.74) is 1.45. The van der Waals surface area contributed by atoms with E-state index in [0.29, 0.717) is 12.0 Å². The summed E-state index contributed by atoms with van der Waals surface area (Å²) < 4.78 is 0. The molecule has 1 fully saturated rings. The smallest absolute Gasteiger partial charge is 0.0345 e. The molecule has 0 N–H and O–H groups in total. The van der Waals surface area contributed by atoms with Crippen molar-refractivity contribution >= 4 is 6.21 Å². The van der Waals surface area contributed by atoms with Gasteiger partial charge in [-0.05, 0) is 24.9 Å². The molecule has 2 heteroatoms. The average Bonchev–Trinajstić information content (AvgIpc) is 2.81. The summed E-state index contributed by atoms with van der Waals surface area (Å²) in [6, 6.07) is 11.4. The SMILES string of the molecule is CC[C@@H](c1ccccc1)N1CCC(/C=N\C)C1. The number of aliphatic imine (C=N–C) groups is 1. The van der Waals surface area contributed by atoms with Crippen LogP contribution < -0.4 is 0 Å². The molecule has 92 valence electrons. The van der Waals surface area contributed by atoms with E-state index in [2.05, 4.69) is 53.4 Å². The van der Waals surface area contributed by atoms with E-state index in [1.807, 2.05) is 7.05 Å². The zero-order chi connectivity index (χ0) is 12.1. The van der Waals surface area contributed by atoms with Crippen molar-refractivity contribution in [3.8, 4) is 0 Å². The lowest BCUT2D eigenvalue weighted by molar-refractivity contribution is 0.236. The van der Waals surface area contributed by atoms with Crippen molar-refractivity contribution in [2.24, 2.45) is 10.9 Å². The Labute approximate surface area is 104 Å². The van der Waals surface area contributed by atoms with Crippen molar-refractivity contribution in [1.29, 1.82) is 0 Å². The van der Waals surface area contributed by atoms with Gasteiger partial charge in [-0.15, -0.1) is 0 Å². The number of nitrogens with zero attached hydrogens (tertiary/aromatic N) is 2. The summed E-state index contributed by atoms with van der Waals surface area (Å²) in [6.45, 7) is 4.63. The number of hydrogen-bond acceptors (Lipinski definition) is 2. The van der Waals surface area contributed by atoms with Crippen molar-refractivity contribution < 1.29 is 0 Å². The highest BCUT2D eigenvalue weighted by Gasteiger charge is 2.26. The summed E-state index contributed by atoms with van der Waals surface area (Å²) in [4.78, 5) is 6.76. The Hall–Kier alpha value is -1.15. The van der Waals surface area contributed by atoms with Gasteiger partial charge >= 0.3 is 0 Å². The quantitative estimate of drug-likeness (QED) is 0.725. The van der Waals surface area contributed by atoms with E-state index in [1.165, 1.54) is 24.9 Å². The summed E-state index contributed by atoms with van der Waals surface area (Å²) in [5.74, 6) is 0.651. The van der Waals surface area contributed by atoms with Gasteiger partial charge in [0.1, 0.15) is 0 Å². The molecule has 2 rings (SSSR count). The molecule has 0 aromatic heterocycles. The number of likely N-dealkylation sites (tertiary alicyclic amines) is 1. The third-order valence-electron chi connectivity index (χ3n) is 3.63. The lowest BCUT2D eigenvalue weighted by Crippen LogP contribution is -2.26. The van der Waals surface area contributed by atoms with Crippen molar-refractivity contribution in [1.82, 2.24) is 4.90 Å². The highest BCUT2D eigenvalue weighted by atomic mass is 15.2. The molecule has 1 aliphatic heterocycles. The zero-order valence-corrected chi connectivity index (χ0v) is 10.8. The van der Waals surface area contributed by atoms with Gasteiger partial charge in [-0.25, -0.2) is 0 Å². The van der Waals surface area contributed by atoms with Crippen LogP contribution >= 0.6 is 0 Å².